The Balaban J connectivity index is 2.90. The lowest BCUT2D eigenvalue weighted by Crippen LogP contribution is -2.41. The average Bonchev–Trinajstić information content (AvgIpc) is 2.42. The number of benzene rings is 1. The molecule has 0 radical (unpaired) electrons. The van der Waals surface area contributed by atoms with Gasteiger partial charge in [0, 0.05) is 6.42 Å². The Kier molecular flexibility index (Phi) is 5.41. The monoisotopic (exact) mass is 294 g/mol. The highest BCUT2D eigenvalue weighted by Gasteiger charge is 2.23. The Labute approximate surface area is 119 Å². The van der Waals surface area contributed by atoms with Gasteiger partial charge in [-0.15, -0.1) is 0 Å². The van der Waals surface area contributed by atoms with Crippen molar-refractivity contribution in [2.75, 3.05) is 0 Å². The number of nitrogens with two attached hydrogens (primary N) is 1. The molecule has 0 aliphatic heterocycles. The van der Waals surface area contributed by atoms with Crippen LogP contribution in [0.15, 0.2) is 24.3 Å². The van der Waals surface area contributed by atoms with Gasteiger partial charge in [-0.1, -0.05) is 12.1 Å². The maximum absolute atomic E-state index is 12.0. The second kappa shape index (κ2) is 7.04. The number of hydrogen-bond acceptors (Lipinski definition) is 4. The third-order valence-corrected chi connectivity index (χ3v) is 2.69. The smallest absolute Gasteiger partial charge is 0.326 e. The van der Waals surface area contributed by atoms with Crippen LogP contribution in [0.4, 0.5) is 0 Å². The molecule has 0 heterocycles. The zero-order valence-electron chi connectivity index (χ0n) is 10.9. The van der Waals surface area contributed by atoms with Crippen LogP contribution >= 0.6 is 0 Å². The highest BCUT2D eigenvalue weighted by molar-refractivity contribution is 6.07. The fourth-order valence-electron chi connectivity index (χ4n) is 1.66. The summed E-state index contributed by atoms with van der Waals surface area (Å²) in [5.41, 5.74) is 5.02. The van der Waals surface area contributed by atoms with E-state index in [1.807, 2.05) is 0 Å². The SMILES string of the molecule is NC(=O)c1ccccc1C(=O)N[C@@H](CCC(=O)O)C(=O)O. The zero-order valence-corrected chi connectivity index (χ0v) is 10.9. The summed E-state index contributed by atoms with van der Waals surface area (Å²) in [5, 5.41) is 19.7. The fourth-order valence-corrected chi connectivity index (χ4v) is 1.66. The summed E-state index contributed by atoms with van der Waals surface area (Å²) in [5.74, 6) is -4.16. The number of carbonyl (C=O) groups excluding carboxylic acids is 2. The van der Waals surface area contributed by atoms with E-state index in [2.05, 4.69) is 5.32 Å². The predicted octanol–water partition coefficient (Wildman–Crippen LogP) is -0.167. The van der Waals surface area contributed by atoms with Crippen LogP contribution in [0, 0.1) is 0 Å². The molecule has 0 aromatic heterocycles. The lowest BCUT2D eigenvalue weighted by Gasteiger charge is -2.14. The molecule has 112 valence electrons. The van der Waals surface area contributed by atoms with Crippen molar-refractivity contribution in [3.05, 3.63) is 35.4 Å². The Morgan fingerprint density at radius 3 is 2.14 bits per heavy atom. The normalized spacial score (nSPS) is 11.4. The maximum atomic E-state index is 12.0. The first-order chi connectivity index (χ1) is 9.82. The lowest BCUT2D eigenvalue weighted by molar-refractivity contribution is -0.140. The van der Waals surface area contributed by atoms with E-state index < -0.39 is 36.2 Å². The van der Waals surface area contributed by atoms with E-state index in [1.54, 1.807) is 0 Å². The molecule has 0 saturated carbocycles. The van der Waals surface area contributed by atoms with Gasteiger partial charge in [-0.05, 0) is 18.6 Å². The standard InChI is InChI=1S/C13H14N2O6/c14-11(18)7-3-1-2-4-8(7)12(19)15-9(13(20)21)5-6-10(16)17/h1-4,9H,5-6H2,(H2,14,18)(H,15,19)(H,16,17)(H,20,21)/t9-/m0/s1. The molecule has 8 heteroatoms. The summed E-state index contributed by atoms with van der Waals surface area (Å²) in [6.45, 7) is 0. The number of carbonyl (C=O) groups is 4. The van der Waals surface area contributed by atoms with Crippen LogP contribution in [0.2, 0.25) is 0 Å². The third-order valence-electron chi connectivity index (χ3n) is 2.69. The molecule has 0 spiro atoms. The van der Waals surface area contributed by atoms with Gasteiger partial charge in [0.2, 0.25) is 5.91 Å². The molecule has 8 nitrogen and oxygen atoms in total. The molecular formula is C13H14N2O6. The minimum Gasteiger partial charge on any atom is -0.481 e. The molecular weight excluding hydrogens is 280 g/mol. The van der Waals surface area contributed by atoms with Crippen molar-refractivity contribution in [1.29, 1.82) is 0 Å². The van der Waals surface area contributed by atoms with Crippen LogP contribution in [0.25, 0.3) is 0 Å². The lowest BCUT2D eigenvalue weighted by atomic mass is 10.1. The quantitative estimate of drug-likeness (QED) is 0.549. The molecule has 1 rings (SSSR count). The maximum Gasteiger partial charge on any atom is 0.326 e. The third kappa shape index (κ3) is 4.60. The minimum absolute atomic E-state index is 0.0441. The average molecular weight is 294 g/mol. The van der Waals surface area contributed by atoms with E-state index in [-0.39, 0.29) is 17.5 Å². The highest BCUT2D eigenvalue weighted by Crippen LogP contribution is 2.09. The summed E-state index contributed by atoms with van der Waals surface area (Å²) in [6.07, 6.45) is -0.677. The second-order valence-corrected chi connectivity index (χ2v) is 4.21. The molecule has 0 aliphatic carbocycles. The van der Waals surface area contributed by atoms with Gasteiger partial charge in [0.05, 0.1) is 11.1 Å². The van der Waals surface area contributed by atoms with Crippen molar-refractivity contribution in [3.8, 4) is 0 Å². The first-order valence-corrected chi connectivity index (χ1v) is 5.97. The number of amides is 2. The van der Waals surface area contributed by atoms with Gasteiger partial charge in [0.25, 0.3) is 5.91 Å². The van der Waals surface area contributed by atoms with Crippen molar-refractivity contribution in [2.45, 2.75) is 18.9 Å². The van der Waals surface area contributed by atoms with E-state index >= 15 is 0 Å². The van der Waals surface area contributed by atoms with Crippen LogP contribution < -0.4 is 11.1 Å². The second-order valence-electron chi connectivity index (χ2n) is 4.21. The summed E-state index contributed by atoms with van der Waals surface area (Å²) < 4.78 is 0. The highest BCUT2D eigenvalue weighted by atomic mass is 16.4. The van der Waals surface area contributed by atoms with Gasteiger partial charge in [0.15, 0.2) is 0 Å². The Morgan fingerprint density at radius 1 is 1.10 bits per heavy atom. The van der Waals surface area contributed by atoms with Crippen molar-refractivity contribution >= 4 is 23.8 Å². The van der Waals surface area contributed by atoms with Crippen LogP contribution in [0.3, 0.4) is 0 Å². The fraction of sp³-hybridized carbons (Fsp3) is 0.231. The number of carboxylic acids is 2. The molecule has 1 aromatic carbocycles. The van der Waals surface area contributed by atoms with Gasteiger partial charge in [-0.2, -0.15) is 0 Å². The van der Waals surface area contributed by atoms with Crippen LogP contribution in [-0.4, -0.2) is 40.0 Å². The summed E-state index contributed by atoms with van der Waals surface area (Å²) in [4.78, 5) is 44.7. The number of nitrogens with one attached hydrogen (secondary N) is 1. The number of hydrogen-bond donors (Lipinski definition) is 4. The Bertz CT molecular complexity index is 584. The van der Waals surface area contributed by atoms with E-state index in [0.717, 1.165) is 0 Å². The molecule has 1 atom stereocenters. The Morgan fingerprint density at radius 2 is 1.67 bits per heavy atom. The first kappa shape index (κ1) is 16.2. The van der Waals surface area contributed by atoms with Crippen molar-refractivity contribution in [2.24, 2.45) is 5.73 Å². The van der Waals surface area contributed by atoms with Gasteiger partial charge in [-0.25, -0.2) is 4.79 Å². The van der Waals surface area contributed by atoms with Crippen molar-refractivity contribution < 1.29 is 29.4 Å². The van der Waals surface area contributed by atoms with Gasteiger partial charge in [-0.3, -0.25) is 14.4 Å². The molecule has 2 amide bonds. The molecule has 5 N–H and O–H groups in total. The van der Waals surface area contributed by atoms with Crippen LogP contribution in [-0.2, 0) is 9.59 Å². The number of aliphatic carboxylic acids is 2. The number of carboxylic acid groups (broad SMARTS) is 2. The molecule has 0 unspecified atom stereocenters. The van der Waals surface area contributed by atoms with E-state index in [9.17, 15) is 19.2 Å². The molecule has 21 heavy (non-hydrogen) atoms. The predicted molar refractivity (Wildman–Crippen MR) is 70.7 cm³/mol. The summed E-state index contributed by atoms with van der Waals surface area (Å²) in [7, 11) is 0. The van der Waals surface area contributed by atoms with Crippen molar-refractivity contribution in [1.82, 2.24) is 5.32 Å². The van der Waals surface area contributed by atoms with E-state index in [0.29, 0.717) is 0 Å². The summed E-state index contributed by atoms with van der Waals surface area (Å²) in [6, 6.07) is 4.30. The number of rotatable bonds is 7. The Hall–Kier alpha value is -2.90. The molecule has 0 fully saturated rings. The number of primary amides is 1. The van der Waals surface area contributed by atoms with Gasteiger partial charge >= 0.3 is 11.9 Å². The van der Waals surface area contributed by atoms with Crippen LogP contribution in [0.1, 0.15) is 33.6 Å². The van der Waals surface area contributed by atoms with E-state index in [1.165, 1.54) is 24.3 Å². The molecule has 1 aromatic rings. The zero-order chi connectivity index (χ0) is 16.0. The summed E-state index contributed by atoms with van der Waals surface area (Å²) >= 11 is 0. The molecule has 0 saturated heterocycles. The largest absolute Gasteiger partial charge is 0.481 e. The topological polar surface area (TPSA) is 147 Å². The van der Waals surface area contributed by atoms with Gasteiger partial charge in [0.1, 0.15) is 6.04 Å². The minimum atomic E-state index is -1.37. The van der Waals surface area contributed by atoms with Crippen molar-refractivity contribution in [3.63, 3.8) is 0 Å². The van der Waals surface area contributed by atoms with Gasteiger partial charge < -0.3 is 21.3 Å². The van der Waals surface area contributed by atoms with Crippen LogP contribution in [0.5, 0.6) is 0 Å². The molecule has 0 bridgehead atoms. The first-order valence-electron chi connectivity index (χ1n) is 5.97. The van der Waals surface area contributed by atoms with E-state index in [4.69, 9.17) is 15.9 Å². The molecule has 0 aliphatic rings.